The van der Waals surface area contributed by atoms with Crippen LogP contribution in [0.15, 0.2) is 41.6 Å². The third-order valence-electron chi connectivity index (χ3n) is 1.73. The summed E-state index contributed by atoms with van der Waals surface area (Å²) in [5.74, 6) is 0. The van der Waals surface area contributed by atoms with Gasteiger partial charge in [-0.05, 0) is 36.5 Å². The van der Waals surface area contributed by atoms with Gasteiger partial charge in [-0.1, -0.05) is 22.5 Å². The Kier molecular flexibility index (Phi) is 5.88. The van der Waals surface area contributed by atoms with Crippen LogP contribution in [0.1, 0.15) is 0 Å². The molecule has 0 spiro atoms. The molecule has 1 aromatic carbocycles. The lowest BCUT2D eigenvalue weighted by molar-refractivity contribution is 0.256. The van der Waals surface area contributed by atoms with Gasteiger partial charge in [0.05, 0.1) is 12.8 Å². The monoisotopic (exact) mass is 300 g/mol. The third kappa shape index (κ3) is 5.14. The summed E-state index contributed by atoms with van der Waals surface area (Å²) in [4.78, 5) is 0. The Bertz CT molecular complexity index is 354. The molecule has 0 fully saturated rings. The minimum atomic E-state index is 0.547. The number of benzene rings is 1. The second-order valence-corrected chi connectivity index (χ2v) is 4.25. The summed E-state index contributed by atoms with van der Waals surface area (Å²) in [7, 11) is 0. The highest BCUT2D eigenvalue weighted by atomic mass is 79.9. The summed E-state index contributed by atoms with van der Waals surface area (Å²) in [6.45, 7) is 4.64. The summed E-state index contributed by atoms with van der Waals surface area (Å²) in [6.07, 6.45) is 1.41. The Hall–Kier alpha value is -1.07. The van der Waals surface area contributed by atoms with E-state index in [1.54, 1.807) is 0 Å². The standard InChI is InChI=1S/C11H13BrN2OS/c1-2-15-8-7-13-11(16)14-10-5-3-9(12)4-6-10/h2-6H,1,7-8H2,(H2,13,14,16). The lowest BCUT2D eigenvalue weighted by atomic mass is 10.3. The van der Waals surface area contributed by atoms with Crippen molar-refractivity contribution in [3.05, 3.63) is 41.6 Å². The van der Waals surface area contributed by atoms with E-state index in [1.807, 2.05) is 24.3 Å². The van der Waals surface area contributed by atoms with E-state index in [2.05, 4.69) is 33.1 Å². The summed E-state index contributed by atoms with van der Waals surface area (Å²) in [5.41, 5.74) is 0.949. The summed E-state index contributed by atoms with van der Waals surface area (Å²) in [6, 6.07) is 7.79. The molecule has 0 radical (unpaired) electrons. The van der Waals surface area contributed by atoms with Gasteiger partial charge in [0, 0.05) is 10.2 Å². The van der Waals surface area contributed by atoms with Crippen molar-refractivity contribution in [2.45, 2.75) is 0 Å². The van der Waals surface area contributed by atoms with Gasteiger partial charge in [-0.3, -0.25) is 0 Å². The van der Waals surface area contributed by atoms with E-state index in [9.17, 15) is 0 Å². The van der Waals surface area contributed by atoms with Gasteiger partial charge < -0.3 is 15.4 Å². The zero-order valence-corrected chi connectivity index (χ0v) is 11.1. The van der Waals surface area contributed by atoms with Crippen LogP contribution in [-0.2, 0) is 4.74 Å². The van der Waals surface area contributed by atoms with Gasteiger partial charge in [0.15, 0.2) is 5.11 Å². The maximum absolute atomic E-state index is 5.10. The second kappa shape index (κ2) is 7.24. The number of anilines is 1. The molecule has 0 heterocycles. The molecule has 0 atom stereocenters. The Morgan fingerprint density at radius 2 is 2.12 bits per heavy atom. The Balaban J connectivity index is 2.28. The van der Waals surface area contributed by atoms with Crippen LogP contribution in [0.2, 0.25) is 0 Å². The van der Waals surface area contributed by atoms with Gasteiger partial charge in [0.2, 0.25) is 0 Å². The third-order valence-corrected chi connectivity index (χ3v) is 2.50. The summed E-state index contributed by atoms with van der Waals surface area (Å²) < 4.78 is 6.00. The van der Waals surface area contributed by atoms with E-state index in [-0.39, 0.29) is 0 Å². The van der Waals surface area contributed by atoms with E-state index < -0.39 is 0 Å². The van der Waals surface area contributed by atoms with Crippen LogP contribution < -0.4 is 10.6 Å². The van der Waals surface area contributed by atoms with Crippen molar-refractivity contribution in [3.63, 3.8) is 0 Å². The fourth-order valence-electron chi connectivity index (χ4n) is 1.02. The molecule has 1 rings (SSSR count). The average molecular weight is 301 g/mol. The second-order valence-electron chi connectivity index (χ2n) is 2.93. The predicted molar refractivity (Wildman–Crippen MR) is 74.5 cm³/mol. The quantitative estimate of drug-likeness (QED) is 0.498. The smallest absolute Gasteiger partial charge is 0.170 e. The zero-order valence-electron chi connectivity index (χ0n) is 8.70. The minimum Gasteiger partial charge on any atom is -0.500 e. The number of halogens is 1. The van der Waals surface area contributed by atoms with Crippen LogP contribution in [0, 0.1) is 0 Å². The Morgan fingerprint density at radius 3 is 2.75 bits per heavy atom. The van der Waals surface area contributed by atoms with Gasteiger partial charge in [0.1, 0.15) is 6.61 Å². The van der Waals surface area contributed by atoms with Crippen molar-refractivity contribution in [2.75, 3.05) is 18.5 Å². The van der Waals surface area contributed by atoms with Gasteiger partial charge in [-0.15, -0.1) is 0 Å². The van der Waals surface area contributed by atoms with Crippen LogP contribution >= 0.6 is 28.1 Å². The molecule has 0 amide bonds. The van der Waals surface area contributed by atoms with E-state index in [1.165, 1.54) is 6.26 Å². The molecule has 0 saturated heterocycles. The van der Waals surface area contributed by atoms with Gasteiger partial charge in [0.25, 0.3) is 0 Å². The first-order chi connectivity index (χ1) is 7.72. The van der Waals surface area contributed by atoms with E-state index >= 15 is 0 Å². The van der Waals surface area contributed by atoms with Gasteiger partial charge in [-0.25, -0.2) is 0 Å². The van der Waals surface area contributed by atoms with E-state index in [4.69, 9.17) is 17.0 Å². The highest BCUT2D eigenvalue weighted by molar-refractivity contribution is 9.10. The lowest BCUT2D eigenvalue weighted by Gasteiger charge is -2.10. The molecule has 1 aromatic rings. The number of hydrogen-bond donors (Lipinski definition) is 2. The first-order valence-electron chi connectivity index (χ1n) is 4.75. The van der Waals surface area contributed by atoms with E-state index in [0.717, 1.165) is 10.2 Å². The molecule has 2 N–H and O–H groups in total. The van der Waals surface area contributed by atoms with Crippen LogP contribution in [-0.4, -0.2) is 18.3 Å². The molecule has 0 bridgehead atoms. The molecule has 3 nitrogen and oxygen atoms in total. The molecular weight excluding hydrogens is 288 g/mol. The van der Waals surface area contributed by atoms with Crippen LogP contribution in [0.4, 0.5) is 5.69 Å². The molecule has 0 aliphatic rings. The Labute approximate surface area is 109 Å². The molecule has 16 heavy (non-hydrogen) atoms. The topological polar surface area (TPSA) is 33.3 Å². The van der Waals surface area contributed by atoms with Crippen molar-refractivity contribution in [3.8, 4) is 0 Å². The summed E-state index contributed by atoms with van der Waals surface area (Å²) in [5, 5.41) is 6.66. The van der Waals surface area contributed by atoms with Crippen LogP contribution in [0.3, 0.4) is 0 Å². The normalized spacial score (nSPS) is 9.31. The predicted octanol–water partition coefficient (Wildman–Crippen LogP) is 2.90. The minimum absolute atomic E-state index is 0.547. The van der Waals surface area contributed by atoms with Crippen molar-refractivity contribution in [2.24, 2.45) is 0 Å². The molecule has 0 aromatic heterocycles. The fourth-order valence-corrected chi connectivity index (χ4v) is 1.50. The van der Waals surface area contributed by atoms with Crippen molar-refractivity contribution >= 4 is 38.9 Å². The van der Waals surface area contributed by atoms with Gasteiger partial charge in [-0.2, -0.15) is 0 Å². The molecule has 0 unspecified atom stereocenters. The fraction of sp³-hybridized carbons (Fsp3) is 0.182. The maximum atomic E-state index is 5.10. The highest BCUT2D eigenvalue weighted by Gasteiger charge is 1.96. The first-order valence-corrected chi connectivity index (χ1v) is 5.95. The first kappa shape index (κ1) is 13.0. The van der Waals surface area contributed by atoms with Crippen molar-refractivity contribution < 1.29 is 4.74 Å². The Morgan fingerprint density at radius 1 is 1.44 bits per heavy atom. The van der Waals surface area contributed by atoms with Crippen LogP contribution in [0.25, 0.3) is 0 Å². The van der Waals surface area contributed by atoms with Gasteiger partial charge >= 0.3 is 0 Å². The molecular formula is C11H13BrN2OS. The number of nitrogens with one attached hydrogen (secondary N) is 2. The SMILES string of the molecule is C=COCCNC(=S)Nc1ccc(Br)cc1. The number of thiocarbonyl (C=S) groups is 1. The molecule has 0 aliphatic carbocycles. The van der Waals surface area contributed by atoms with Crippen molar-refractivity contribution in [1.29, 1.82) is 0 Å². The largest absolute Gasteiger partial charge is 0.500 e. The summed E-state index contributed by atoms with van der Waals surface area (Å²) >= 11 is 8.47. The molecule has 0 aliphatic heterocycles. The number of hydrogen-bond acceptors (Lipinski definition) is 2. The van der Waals surface area contributed by atoms with Crippen molar-refractivity contribution in [1.82, 2.24) is 5.32 Å². The maximum Gasteiger partial charge on any atom is 0.170 e. The highest BCUT2D eigenvalue weighted by Crippen LogP contribution is 2.13. The molecule has 0 saturated carbocycles. The van der Waals surface area contributed by atoms with E-state index in [0.29, 0.717) is 18.3 Å². The zero-order chi connectivity index (χ0) is 11.8. The average Bonchev–Trinajstić information content (AvgIpc) is 2.28. The molecule has 86 valence electrons. The molecule has 5 heteroatoms. The number of rotatable bonds is 5. The lowest BCUT2D eigenvalue weighted by Crippen LogP contribution is -2.30. The van der Waals surface area contributed by atoms with Crippen LogP contribution in [0.5, 0.6) is 0 Å². The number of ether oxygens (including phenoxy) is 1.